The fourth-order valence-electron chi connectivity index (χ4n) is 3.27. The number of carbonyl (C=O) groups is 4. The number of amides is 4. The van der Waals surface area contributed by atoms with Gasteiger partial charge in [-0.3, -0.25) is 19.2 Å². The maximum absolute atomic E-state index is 12.4. The molecule has 3 rings (SSSR count). The summed E-state index contributed by atoms with van der Waals surface area (Å²) in [6, 6.07) is 10.0. The first kappa shape index (κ1) is 22.4. The van der Waals surface area contributed by atoms with E-state index in [1.165, 1.54) is 0 Å². The first-order valence-corrected chi connectivity index (χ1v) is 10.5. The fraction of sp³-hybridized carbons (Fsp3) is 0.286. The van der Waals surface area contributed by atoms with E-state index >= 15 is 0 Å². The van der Waals surface area contributed by atoms with Crippen molar-refractivity contribution in [2.24, 2.45) is 5.73 Å². The summed E-state index contributed by atoms with van der Waals surface area (Å²) in [7, 11) is 0. The Morgan fingerprint density at radius 3 is 2.42 bits per heavy atom. The number of primary amides is 1. The maximum atomic E-state index is 12.4. The normalized spacial score (nSPS) is 19.1. The number of rotatable bonds is 8. The summed E-state index contributed by atoms with van der Waals surface area (Å²) in [6.45, 7) is 0. The van der Waals surface area contributed by atoms with Crippen LogP contribution in [0.5, 0.6) is 0 Å². The van der Waals surface area contributed by atoms with E-state index < -0.39 is 35.8 Å². The maximum Gasteiger partial charge on any atom is 0.243 e. The number of hydrogen-bond donors (Lipinski definition) is 4. The predicted molar refractivity (Wildman–Crippen MR) is 115 cm³/mol. The zero-order valence-electron chi connectivity index (χ0n) is 16.5. The Morgan fingerprint density at radius 2 is 1.74 bits per heavy atom. The van der Waals surface area contributed by atoms with Crippen LogP contribution in [-0.4, -0.2) is 46.7 Å². The first-order valence-electron chi connectivity index (χ1n) is 9.66. The minimum absolute atomic E-state index is 0.137. The number of pyridine rings is 1. The quantitative estimate of drug-likeness (QED) is 0.386. The standard InChI is InChI=1S/C21H22BrN5O4/c22-18-13(7-4-8-24-18)10-14(19(23)29)25-17(28)11-16-21(31)26-15(20(30)27-16)9-12-5-2-1-3-6-12/h1-8,14-16H,9-11H2,(H2,23,29)(H,25,28)(H,26,31)(H,27,30)/t14-,15+,16+/m1/s1. The highest BCUT2D eigenvalue weighted by Gasteiger charge is 2.35. The molecule has 1 saturated heterocycles. The Kier molecular flexibility index (Phi) is 7.35. The van der Waals surface area contributed by atoms with Crippen molar-refractivity contribution in [3.8, 4) is 0 Å². The van der Waals surface area contributed by atoms with Crippen molar-refractivity contribution in [3.63, 3.8) is 0 Å². The summed E-state index contributed by atoms with van der Waals surface area (Å²) in [5.41, 5.74) is 7.02. The Morgan fingerprint density at radius 1 is 1.06 bits per heavy atom. The molecule has 0 aliphatic carbocycles. The van der Waals surface area contributed by atoms with Crippen LogP contribution >= 0.6 is 15.9 Å². The summed E-state index contributed by atoms with van der Waals surface area (Å²) in [4.78, 5) is 53.1. The molecular weight excluding hydrogens is 466 g/mol. The largest absolute Gasteiger partial charge is 0.368 e. The molecule has 2 aromatic rings. The highest BCUT2D eigenvalue weighted by atomic mass is 79.9. The van der Waals surface area contributed by atoms with Gasteiger partial charge in [0.25, 0.3) is 0 Å². The molecule has 5 N–H and O–H groups in total. The van der Waals surface area contributed by atoms with Crippen LogP contribution in [0.1, 0.15) is 17.5 Å². The summed E-state index contributed by atoms with van der Waals surface area (Å²) >= 11 is 3.29. The van der Waals surface area contributed by atoms with Gasteiger partial charge in [-0.2, -0.15) is 0 Å². The highest BCUT2D eigenvalue weighted by molar-refractivity contribution is 9.10. The van der Waals surface area contributed by atoms with Gasteiger partial charge in [0.2, 0.25) is 23.6 Å². The average Bonchev–Trinajstić information content (AvgIpc) is 2.73. The van der Waals surface area contributed by atoms with Crippen LogP contribution in [-0.2, 0) is 32.0 Å². The number of halogens is 1. The van der Waals surface area contributed by atoms with Gasteiger partial charge in [0.05, 0.1) is 6.42 Å². The smallest absolute Gasteiger partial charge is 0.243 e. The number of benzene rings is 1. The van der Waals surface area contributed by atoms with Crippen molar-refractivity contribution >= 4 is 39.6 Å². The van der Waals surface area contributed by atoms with E-state index in [1.54, 1.807) is 18.3 Å². The van der Waals surface area contributed by atoms with Gasteiger partial charge in [-0.1, -0.05) is 36.4 Å². The molecule has 0 bridgehead atoms. The van der Waals surface area contributed by atoms with Crippen LogP contribution in [0.2, 0.25) is 0 Å². The Balaban J connectivity index is 1.57. The molecule has 1 fully saturated rings. The van der Waals surface area contributed by atoms with Gasteiger partial charge in [0, 0.05) is 19.0 Å². The van der Waals surface area contributed by atoms with Crippen molar-refractivity contribution in [2.45, 2.75) is 37.4 Å². The van der Waals surface area contributed by atoms with E-state index in [4.69, 9.17) is 5.73 Å². The van der Waals surface area contributed by atoms with Gasteiger partial charge in [0.15, 0.2) is 0 Å². The second-order valence-electron chi connectivity index (χ2n) is 7.20. The van der Waals surface area contributed by atoms with Crippen LogP contribution in [0.4, 0.5) is 0 Å². The monoisotopic (exact) mass is 487 g/mol. The molecule has 0 spiro atoms. The minimum atomic E-state index is -1.03. The lowest BCUT2D eigenvalue weighted by atomic mass is 10.0. The molecule has 1 aromatic carbocycles. The molecule has 1 aliphatic rings. The number of nitrogens with one attached hydrogen (secondary N) is 3. The van der Waals surface area contributed by atoms with Crippen LogP contribution in [0.25, 0.3) is 0 Å². The average molecular weight is 488 g/mol. The van der Waals surface area contributed by atoms with Gasteiger partial charge >= 0.3 is 0 Å². The Bertz CT molecular complexity index is 985. The third kappa shape index (κ3) is 6.11. The lowest BCUT2D eigenvalue weighted by Crippen LogP contribution is -2.63. The molecule has 0 unspecified atom stereocenters. The number of piperazine rings is 1. The molecule has 1 aromatic heterocycles. The third-order valence-electron chi connectivity index (χ3n) is 4.88. The topological polar surface area (TPSA) is 143 Å². The second-order valence-corrected chi connectivity index (χ2v) is 7.95. The predicted octanol–water partition coefficient (Wildman–Crippen LogP) is -0.0273. The molecule has 3 atom stereocenters. The van der Waals surface area contributed by atoms with Crippen LogP contribution in [0.15, 0.2) is 53.3 Å². The SMILES string of the molecule is NC(=O)[C@@H](Cc1cccnc1Br)NC(=O)C[C@@H]1NC(=O)[C@H](Cc2ccccc2)NC1=O. The molecule has 9 nitrogen and oxygen atoms in total. The molecule has 10 heteroatoms. The number of nitrogens with zero attached hydrogens (tertiary/aromatic N) is 1. The minimum Gasteiger partial charge on any atom is -0.368 e. The van der Waals surface area contributed by atoms with Crippen LogP contribution in [0.3, 0.4) is 0 Å². The van der Waals surface area contributed by atoms with Crippen molar-refractivity contribution < 1.29 is 19.2 Å². The number of hydrogen-bond acceptors (Lipinski definition) is 5. The highest BCUT2D eigenvalue weighted by Crippen LogP contribution is 2.15. The van der Waals surface area contributed by atoms with Gasteiger partial charge in [0.1, 0.15) is 22.7 Å². The van der Waals surface area contributed by atoms with Crippen molar-refractivity contribution in [3.05, 3.63) is 64.4 Å². The second kappa shape index (κ2) is 10.2. The molecular formula is C21H22BrN5O4. The zero-order valence-corrected chi connectivity index (χ0v) is 18.1. The van der Waals surface area contributed by atoms with Gasteiger partial charge in [-0.05, 0) is 33.1 Å². The molecule has 4 amide bonds. The third-order valence-corrected chi connectivity index (χ3v) is 5.59. The first-order chi connectivity index (χ1) is 14.8. The van der Waals surface area contributed by atoms with Gasteiger partial charge in [-0.25, -0.2) is 4.98 Å². The molecule has 1 aliphatic heterocycles. The van der Waals surface area contributed by atoms with Crippen LogP contribution in [0, 0.1) is 0 Å². The zero-order chi connectivity index (χ0) is 22.4. The van der Waals surface area contributed by atoms with Crippen molar-refractivity contribution in [2.75, 3.05) is 0 Å². The Hall–Kier alpha value is -3.27. The number of aromatic nitrogens is 1. The molecule has 2 heterocycles. The fourth-order valence-corrected chi connectivity index (χ4v) is 3.68. The summed E-state index contributed by atoms with van der Waals surface area (Å²) < 4.78 is 0.541. The van der Waals surface area contributed by atoms with E-state index in [2.05, 4.69) is 36.9 Å². The van der Waals surface area contributed by atoms with E-state index in [0.717, 1.165) is 5.56 Å². The summed E-state index contributed by atoms with van der Waals surface area (Å²) in [5, 5.41) is 7.77. The summed E-state index contributed by atoms with van der Waals surface area (Å²) in [6.07, 6.45) is 1.76. The van der Waals surface area contributed by atoms with E-state index in [9.17, 15) is 19.2 Å². The summed E-state index contributed by atoms with van der Waals surface area (Å²) in [5.74, 6) is -2.12. The van der Waals surface area contributed by atoms with E-state index in [1.807, 2.05) is 30.3 Å². The van der Waals surface area contributed by atoms with Crippen LogP contribution < -0.4 is 21.7 Å². The molecule has 0 radical (unpaired) electrons. The van der Waals surface area contributed by atoms with E-state index in [0.29, 0.717) is 16.6 Å². The van der Waals surface area contributed by atoms with Crippen molar-refractivity contribution in [1.82, 2.24) is 20.9 Å². The van der Waals surface area contributed by atoms with Gasteiger partial charge in [-0.15, -0.1) is 0 Å². The van der Waals surface area contributed by atoms with E-state index in [-0.39, 0.29) is 18.7 Å². The Labute approximate surface area is 187 Å². The molecule has 31 heavy (non-hydrogen) atoms. The molecule has 0 saturated carbocycles. The lowest BCUT2D eigenvalue weighted by molar-refractivity contribution is -0.138. The lowest BCUT2D eigenvalue weighted by Gasteiger charge is -2.29. The number of nitrogens with two attached hydrogens (primary N) is 1. The van der Waals surface area contributed by atoms with Crippen molar-refractivity contribution in [1.29, 1.82) is 0 Å². The number of carbonyl (C=O) groups excluding carboxylic acids is 4. The molecule has 162 valence electrons. The van der Waals surface area contributed by atoms with Gasteiger partial charge < -0.3 is 21.7 Å².